The molecule has 0 atom stereocenters. The molecule has 0 aromatic heterocycles. The van der Waals surface area contributed by atoms with Crippen LogP contribution in [0.4, 0.5) is 0 Å². The van der Waals surface area contributed by atoms with Gasteiger partial charge < -0.3 is 0 Å². The van der Waals surface area contributed by atoms with Crippen LogP contribution in [-0.4, -0.2) is 38.6 Å². The Balaban J connectivity index is -0.0000000480. The summed E-state index contributed by atoms with van der Waals surface area (Å²) < 4.78 is 5.67. The van der Waals surface area contributed by atoms with Crippen molar-refractivity contribution in [1.82, 2.24) is 0 Å². The molecule has 5 heteroatoms. The third-order valence-corrected chi connectivity index (χ3v) is 0.200. The fourth-order valence-corrected chi connectivity index (χ4v) is 0. The van der Waals surface area contributed by atoms with E-state index in [9.17, 15) is 0 Å². The minimum atomic E-state index is 0. The first-order valence-electron chi connectivity index (χ1n) is 1.38. The van der Waals surface area contributed by atoms with Gasteiger partial charge >= 0.3 is 20.4 Å². The van der Waals surface area contributed by atoms with E-state index in [1.807, 2.05) is 0 Å². The predicted octanol–water partition coefficient (Wildman–Crippen LogP) is 0.235. The molecule has 0 saturated heterocycles. The molecule has 0 bridgehead atoms. The fourth-order valence-electron chi connectivity index (χ4n) is 0. The zero-order valence-electron chi connectivity index (χ0n) is 4.55. The van der Waals surface area contributed by atoms with E-state index in [2.05, 4.69) is 10.2 Å². The van der Waals surface area contributed by atoms with Gasteiger partial charge in [0, 0.05) is 22.5 Å². The molecule has 0 unspecified atom stereocenters. The molecule has 0 amide bonds. The van der Waals surface area contributed by atoms with Gasteiger partial charge in [0.05, 0.1) is 0 Å². The Hall–Kier alpha value is -0.00260. The average molecular weight is 111 g/mol. The Morgan fingerprint density at radius 3 is 1.29 bits per heavy atom. The molecular formula is C2H7AlBN3. The Morgan fingerprint density at radius 2 is 1.29 bits per heavy atom. The van der Waals surface area contributed by atoms with Crippen LogP contribution in [0.1, 0.15) is 0 Å². The summed E-state index contributed by atoms with van der Waals surface area (Å²) in [4.78, 5) is 0. The van der Waals surface area contributed by atoms with Crippen LogP contribution in [0.15, 0.2) is 10.2 Å². The fraction of sp³-hybridized carbons (Fsp3) is 1.00. The van der Waals surface area contributed by atoms with E-state index in [0.29, 0.717) is 0 Å². The third kappa shape index (κ3) is 96.3. The van der Waals surface area contributed by atoms with Crippen LogP contribution in [0.2, 0.25) is 0 Å². The molecule has 0 aliphatic carbocycles. The topological polar surface area (TPSA) is 48.6 Å². The van der Waals surface area contributed by atoms with Gasteiger partial charge in [-0.1, -0.05) is 0 Å². The second-order valence-electron chi connectivity index (χ2n) is 0.400. The summed E-state index contributed by atoms with van der Waals surface area (Å²) in [6.07, 6.45) is 0. The number of nitrogens with zero attached hydrogens (tertiary/aromatic N) is 2. The van der Waals surface area contributed by atoms with Gasteiger partial charge in [0.25, 0.3) is 0 Å². The first-order valence-corrected chi connectivity index (χ1v) is 1.96. The van der Waals surface area contributed by atoms with E-state index in [0.717, 1.165) is 0 Å². The van der Waals surface area contributed by atoms with E-state index in [1.165, 1.54) is 0 Å². The third-order valence-electron chi connectivity index (χ3n) is 0.200. The van der Waals surface area contributed by atoms with Crippen LogP contribution in [0.25, 0.3) is 0 Å². The van der Waals surface area contributed by atoms with Crippen molar-refractivity contribution in [1.29, 1.82) is 4.35 Å². The van der Waals surface area contributed by atoms with Gasteiger partial charge in [0.15, 0.2) is 0 Å². The molecule has 0 aromatic carbocycles. The Morgan fingerprint density at radius 1 is 1.14 bits per heavy atom. The van der Waals surface area contributed by atoms with Crippen molar-refractivity contribution in [2.75, 3.05) is 14.1 Å². The molecule has 3 nitrogen and oxygen atoms in total. The van der Waals surface area contributed by atoms with Gasteiger partial charge in [-0.15, -0.1) is 0 Å². The van der Waals surface area contributed by atoms with Crippen molar-refractivity contribution in [2.45, 2.75) is 0 Å². The molecular weight excluding hydrogens is 104 g/mol. The SMILES string of the molecule is CN=NC.[B].[NH]=[Al]. The normalized spacial score (nSPS) is 5.86. The summed E-state index contributed by atoms with van der Waals surface area (Å²) in [6.45, 7) is 0. The van der Waals surface area contributed by atoms with Crippen LogP contribution in [0, 0.1) is 4.35 Å². The first-order chi connectivity index (χ1) is 2.91. The first kappa shape index (κ1) is 15.8. The average Bonchev–Trinajstić information content (AvgIpc) is 1.72. The molecule has 0 aliphatic heterocycles. The summed E-state index contributed by atoms with van der Waals surface area (Å²) in [5.74, 6) is 0. The van der Waals surface area contributed by atoms with E-state index in [-0.39, 0.29) is 8.41 Å². The molecule has 0 spiro atoms. The summed E-state index contributed by atoms with van der Waals surface area (Å²) in [5, 5.41) is 6.72. The van der Waals surface area contributed by atoms with Gasteiger partial charge in [0.1, 0.15) is 0 Å². The molecule has 0 saturated carbocycles. The molecule has 7 heavy (non-hydrogen) atoms. The summed E-state index contributed by atoms with van der Waals surface area (Å²) in [7, 11) is 3.28. The van der Waals surface area contributed by atoms with Crippen molar-refractivity contribution in [3.63, 3.8) is 0 Å². The van der Waals surface area contributed by atoms with E-state index < -0.39 is 0 Å². The molecule has 0 fully saturated rings. The van der Waals surface area contributed by atoms with Gasteiger partial charge in [-0.3, -0.25) is 0 Å². The van der Waals surface area contributed by atoms with Gasteiger partial charge in [-0.25, -0.2) is 0 Å². The number of rotatable bonds is 0. The minimum absolute atomic E-state index is 0. The maximum atomic E-state index is 5.67. The van der Waals surface area contributed by atoms with Crippen LogP contribution in [-0.2, 0) is 0 Å². The Kier molecular flexibility index (Phi) is 84.5. The second-order valence-corrected chi connectivity index (χ2v) is 0.400. The zero-order valence-corrected chi connectivity index (χ0v) is 5.70. The van der Waals surface area contributed by atoms with Gasteiger partial charge in [0.2, 0.25) is 0 Å². The standard InChI is InChI=1S/C2H6N2.Al.B.HN/c1-3-4-2;;;/h1-2H3;;;1H. The number of hydrogen-bond acceptors (Lipinski definition) is 3. The monoisotopic (exact) mass is 111 g/mol. The molecule has 4 radical (unpaired) electrons. The molecule has 36 valence electrons. The van der Waals surface area contributed by atoms with Crippen molar-refractivity contribution in [3.05, 3.63) is 0 Å². The summed E-state index contributed by atoms with van der Waals surface area (Å²) >= 11 is 1.67. The van der Waals surface area contributed by atoms with Crippen LogP contribution >= 0.6 is 0 Å². The molecule has 0 heterocycles. The Bertz CT molecular complexity index is 35.9. The number of nitrogens with one attached hydrogen (secondary N) is 1. The second kappa shape index (κ2) is 37.5. The number of azo groups is 1. The number of hydrogen-bond donors (Lipinski definition) is 1. The van der Waals surface area contributed by atoms with E-state index in [1.54, 1.807) is 30.2 Å². The van der Waals surface area contributed by atoms with Gasteiger partial charge in [-0.05, 0) is 0 Å². The van der Waals surface area contributed by atoms with Crippen molar-refractivity contribution < 1.29 is 0 Å². The molecule has 0 aliphatic rings. The Labute approximate surface area is 53.8 Å². The summed E-state index contributed by atoms with van der Waals surface area (Å²) in [5.41, 5.74) is 0. The van der Waals surface area contributed by atoms with Crippen LogP contribution < -0.4 is 0 Å². The van der Waals surface area contributed by atoms with Gasteiger partial charge in [-0.2, -0.15) is 10.2 Å². The maximum absolute atomic E-state index is 5.67. The van der Waals surface area contributed by atoms with Crippen LogP contribution in [0.3, 0.4) is 0 Å². The molecule has 0 aromatic rings. The van der Waals surface area contributed by atoms with Crippen molar-refractivity contribution in [3.8, 4) is 0 Å². The van der Waals surface area contributed by atoms with E-state index in [4.69, 9.17) is 4.35 Å². The zero-order chi connectivity index (χ0) is 5.41. The molecule has 0 rings (SSSR count). The van der Waals surface area contributed by atoms with E-state index >= 15 is 0 Å². The molecule has 1 N–H and O–H groups in total. The predicted molar refractivity (Wildman–Crippen MR) is 30.9 cm³/mol. The van der Waals surface area contributed by atoms with Crippen molar-refractivity contribution >= 4 is 24.5 Å². The van der Waals surface area contributed by atoms with Crippen molar-refractivity contribution in [2.24, 2.45) is 10.2 Å². The van der Waals surface area contributed by atoms with Crippen LogP contribution in [0.5, 0.6) is 0 Å². The summed E-state index contributed by atoms with van der Waals surface area (Å²) in [6, 6.07) is 0. The quantitative estimate of drug-likeness (QED) is 0.343.